The van der Waals surface area contributed by atoms with Crippen molar-refractivity contribution in [2.24, 2.45) is 5.73 Å². The molecule has 9 heavy (non-hydrogen) atoms. The van der Waals surface area contributed by atoms with Gasteiger partial charge in [0.1, 0.15) is 0 Å². The molecule has 0 aliphatic rings. The summed E-state index contributed by atoms with van der Waals surface area (Å²) in [6.45, 7) is 1.72. The fourth-order valence-electron chi connectivity index (χ4n) is 0.372. The van der Waals surface area contributed by atoms with E-state index >= 15 is 0 Å². The summed E-state index contributed by atoms with van der Waals surface area (Å²) in [5, 5.41) is 0. The Morgan fingerprint density at radius 2 is 2.11 bits per heavy atom. The molecule has 5 heteroatoms. The van der Waals surface area contributed by atoms with Crippen molar-refractivity contribution in [1.82, 2.24) is 0 Å². The van der Waals surface area contributed by atoms with Crippen molar-refractivity contribution >= 4 is 7.60 Å². The van der Waals surface area contributed by atoms with Crippen LogP contribution in [0.4, 0.5) is 0 Å². The fraction of sp³-hybridized carbons (Fsp3) is 1.00. The molecule has 0 aromatic carbocycles. The second kappa shape index (κ2) is 3.32. The standard InChI is InChI=1S/C4H12NO3P/c1-4(5)2-3-9(6,7)8/h4H,2-3,5H2,1H3,(H2,6,7,8). The zero-order valence-corrected chi connectivity index (χ0v) is 6.21. The number of nitrogens with two attached hydrogens (primary N) is 1. The Kier molecular flexibility index (Phi) is 3.36. The maximum Gasteiger partial charge on any atom is 0.325 e. The van der Waals surface area contributed by atoms with E-state index in [0.717, 1.165) is 0 Å². The third-order valence-electron chi connectivity index (χ3n) is 0.876. The lowest BCUT2D eigenvalue weighted by atomic mass is 10.3. The number of hydrogen-bond acceptors (Lipinski definition) is 2. The molecule has 0 aromatic rings. The van der Waals surface area contributed by atoms with Gasteiger partial charge in [0.2, 0.25) is 0 Å². The van der Waals surface area contributed by atoms with Gasteiger partial charge in [-0.1, -0.05) is 0 Å². The van der Waals surface area contributed by atoms with Crippen LogP contribution >= 0.6 is 7.60 Å². The van der Waals surface area contributed by atoms with E-state index in [1.54, 1.807) is 6.92 Å². The van der Waals surface area contributed by atoms with Crippen molar-refractivity contribution < 1.29 is 14.4 Å². The molecule has 1 atom stereocenters. The molecule has 1 unspecified atom stereocenters. The van der Waals surface area contributed by atoms with Crippen LogP contribution in [0.1, 0.15) is 13.3 Å². The quantitative estimate of drug-likeness (QED) is 0.494. The lowest BCUT2D eigenvalue weighted by Gasteiger charge is -2.04. The van der Waals surface area contributed by atoms with E-state index in [9.17, 15) is 4.57 Å². The molecule has 0 bridgehead atoms. The van der Waals surface area contributed by atoms with E-state index in [2.05, 4.69) is 0 Å². The first-order chi connectivity index (χ1) is 3.92. The Labute approximate surface area is 54.2 Å². The molecule has 0 fully saturated rings. The molecule has 0 aromatic heterocycles. The molecule has 0 aliphatic carbocycles. The van der Waals surface area contributed by atoms with Gasteiger partial charge in [-0.3, -0.25) is 4.57 Å². The monoisotopic (exact) mass is 153 g/mol. The van der Waals surface area contributed by atoms with Gasteiger partial charge < -0.3 is 15.5 Å². The van der Waals surface area contributed by atoms with Gasteiger partial charge in [-0.05, 0) is 13.3 Å². The van der Waals surface area contributed by atoms with Crippen molar-refractivity contribution in [3.05, 3.63) is 0 Å². The van der Waals surface area contributed by atoms with Gasteiger partial charge in [0.15, 0.2) is 0 Å². The van der Waals surface area contributed by atoms with Gasteiger partial charge in [-0.15, -0.1) is 0 Å². The second-order valence-corrected chi connectivity index (χ2v) is 3.93. The molecule has 0 amide bonds. The van der Waals surface area contributed by atoms with Crippen LogP contribution in [0.15, 0.2) is 0 Å². The first-order valence-electron chi connectivity index (χ1n) is 2.72. The Morgan fingerprint density at radius 1 is 1.67 bits per heavy atom. The smallest absolute Gasteiger partial charge is 0.325 e. The summed E-state index contributed by atoms with van der Waals surface area (Å²) in [7, 11) is -3.80. The highest BCUT2D eigenvalue weighted by molar-refractivity contribution is 7.51. The van der Waals surface area contributed by atoms with Crippen LogP contribution in [-0.4, -0.2) is 22.0 Å². The summed E-state index contributed by atoms with van der Waals surface area (Å²) in [6, 6.07) is -0.127. The van der Waals surface area contributed by atoms with Crippen molar-refractivity contribution in [3.63, 3.8) is 0 Å². The Balaban J connectivity index is 3.40. The molecule has 56 valence electrons. The minimum Gasteiger partial charge on any atom is -0.328 e. The molecule has 0 saturated carbocycles. The minimum absolute atomic E-state index is 0.106. The van der Waals surface area contributed by atoms with Crippen molar-refractivity contribution in [1.29, 1.82) is 0 Å². The molecule has 0 rings (SSSR count). The van der Waals surface area contributed by atoms with Gasteiger partial charge in [0, 0.05) is 6.04 Å². The zero-order chi connectivity index (χ0) is 7.49. The van der Waals surface area contributed by atoms with Crippen LogP contribution < -0.4 is 5.73 Å². The highest BCUT2D eigenvalue weighted by Crippen LogP contribution is 2.34. The SMILES string of the molecule is CC(N)CCP(=O)(O)O. The van der Waals surface area contributed by atoms with Gasteiger partial charge in [-0.25, -0.2) is 0 Å². The third-order valence-corrected chi connectivity index (χ3v) is 1.72. The maximum absolute atomic E-state index is 10.2. The summed E-state index contributed by atoms with van der Waals surface area (Å²) in [5.74, 6) is 0. The third kappa shape index (κ3) is 8.11. The summed E-state index contributed by atoms with van der Waals surface area (Å²) in [4.78, 5) is 16.6. The molecule has 0 spiro atoms. The first kappa shape index (κ1) is 9.11. The van der Waals surface area contributed by atoms with Gasteiger partial charge in [-0.2, -0.15) is 0 Å². The van der Waals surface area contributed by atoms with Crippen LogP contribution in [0.2, 0.25) is 0 Å². The summed E-state index contributed by atoms with van der Waals surface area (Å²) < 4.78 is 10.2. The highest BCUT2D eigenvalue weighted by Gasteiger charge is 2.12. The largest absolute Gasteiger partial charge is 0.328 e. The van der Waals surface area contributed by atoms with Crippen LogP contribution in [0.25, 0.3) is 0 Å². The molecule has 4 nitrogen and oxygen atoms in total. The predicted molar refractivity (Wildman–Crippen MR) is 35.2 cm³/mol. The maximum atomic E-state index is 10.2. The molecule has 0 aliphatic heterocycles. The summed E-state index contributed by atoms with van der Waals surface area (Å²) in [6.07, 6.45) is 0.273. The van der Waals surface area contributed by atoms with E-state index in [1.807, 2.05) is 0 Å². The fourth-order valence-corrected chi connectivity index (χ4v) is 1.12. The first-order valence-corrected chi connectivity index (χ1v) is 4.52. The van der Waals surface area contributed by atoms with E-state index in [0.29, 0.717) is 6.42 Å². The molecular formula is C4H12NO3P. The Hall–Kier alpha value is 0.110. The van der Waals surface area contributed by atoms with Crippen molar-refractivity contribution in [2.75, 3.05) is 6.16 Å². The lowest BCUT2D eigenvalue weighted by molar-refractivity contribution is 0.370. The van der Waals surface area contributed by atoms with E-state index in [-0.39, 0.29) is 12.2 Å². The van der Waals surface area contributed by atoms with E-state index in [1.165, 1.54) is 0 Å². The number of rotatable bonds is 3. The van der Waals surface area contributed by atoms with Crippen LogP contribution in [-0.2, 0) is 4.57 Å². The van der Waals surface area contributed by atoms with E-state index in [4.69, 9.17) is 15.5 Å². The average Bonchev–Trinajstić information content (AvgIpc) is 1.59. The zero-order valence-electron chi connectivity index (χ0n) is 5.32. The van der Waals surface area contributed by atoms with Gasteiger partial charge in [0.05, 0.1) is 6.16 Å². The normalized spacial score (nSPS) is 15.6. The molecular weight excluding hydrogens is 141 g/mol. The van der Waals surface area contributed by atoms with Crippen molar-refractivity contribution in [3.8, 4) is 0 Å². The summed E-state index contributed by atoms with van der Waals surface area (Å²) >= 11 is 0. The second-order valence-electron chi connectivity index (χ2n) is 2.15. The van der Waals surface area contributed by atoms with Crippen LogP contribution in [0.3, 0.4) is 0 Å². The van der Waals surface area contributed by atoms with Gasteiger partial charge in [0.25, 0.3) is 0 Å². The Morgan fingerprint density at radius 3 is 2.22 bits per heavy atom. The average molecular weight is 153 g/mol. The lowest BCUT2D eigenvalue weighted by Crippen LogP contribution is -2.16. The highest BCUT2D eigenvalue weighted by atomic mass is 31.2. The molecule has 4 N–H and O–H groups in total. The van der Waals surface area contributed by atoms with E-state index < -0.39 is 7.60 Å². The van der Waals surface area contributed by atoms with Crippen LogP contribution in [0, 0.1) is 0 Å². The molecule has 0 radical (unpaired) electrons. The molecule has 0 heterocycles. The summed E-state index contributed by atoms with van der Waals surface area (Å²) in [5.41, 5.74) is 5.26. The van der Waals surface area contributed by atoms with Crippen molar-refractivity contribution in [2.45, 2.75) is 19.4 Å². The van der Waals surface area contributed by atoms with Gasteiger partial charge >= 0.3 is 7.60 Å². The molecule has 0 saturated heterocycles. The Bertz CT molecular complexity index is 119. The topological polar surface area (TPSA) is 83.6 Å². The van der Waals surface area contributed by atoms with Crippen LogP contribution in [0.5, 0.6) is 0 Å². The minimum atomic E-state index is -3.80. The number of hydrogen-bond donors (Lipinski definition) is 3. The predicted octanol–water partition coefficient (Wildman–Crippen LogP) is -0.0986.